The van der Waals surface area contributed by atoms with Crippen LogP contribution in [0.1, 0.15) is 5.76 Å². The Labute approximate surface area is 146 Å². The van der Waals surface area contributed by atoms with E-state index in [1.54, 1.807) is 12.1 Å². The van der Waals surface area contributed by atoms with Gasteiger partial charge in [-0.15, -0.1) is 13.2 Å². The van der Waals surface area contributed by atoms with E-state index in [1.807, 2.05) is 0 Å². The monoisotopic (exact) mass is 373 g/mol. The predicted octanol–water partition coefficient (Wildman–Crippen LogP) is 2.78. The fourth-order valence-electron chi connectivity index (χ4n) is 1.74. The Hall–Kier alpha value is -2.75. The summed E-state index contributed by atoms with van der Waals surface area (Å²) in [7, 11) is 0. The van der Waals surface area contributed by atoms with E-state index in [0.717, 1.165) is 12.1 Å². The molecular formula is C15H14F3N3O3S. The second kappa shape index (κ2) is 8.38. The summed E-state index contributed by atoms with van der Waals surface area (Å²) in [6.07, 6.45) is -3.24. The van der Waals surface area contributed by atoms with Crippen LogP contribution < -0.4 is 20.7 Å². The van der Waals surface area contributed by atoms with Gasteiger partial charge in [-0.2, -0.15) is 0 Å². The van der Waals surface area contributed by atoms with Crippen LogP contribution in [0.4, 0.5) is 18.9 Å². The minimum atomic E-state index is -4.74. The zero-order chi connectivity index (χ0) is 18.3. The number of amides is 1. The highest BCUT2D eigenvalue weighted by atomic mass is 32.1. The average molecular weight is 373 g/mol. The van der Waals surface area contributed by atoms with Crippen LogP contribution in [0.5, 0.6) is 5.75 Å². The molecule has 1 aromatic carbocycles. The molecule has 0 fully saturated rings. The highest BCUT2D eigenvalue weighted by Gasteiger charge is 2.30. The summed E-state index contributed by atoms with van der Waals surface area (Å²) >= 11 is 5.01. The normalized spacial score (nSPS) is 10.8. The summed E-state index contributed by atoms with van der Waals surface area (Å²) in [6.45, 7) is 0.191. The van der Waals surface area contributed by atoms with Crippen LogP contribution in [0.25, 0.3) is 0 Å². The molecule has 0 aliphatic rings. The standard InChI is InChI=1S/C15H14F3N3O3S/c16-15(17,18)24-11-5-3-10(4-6-11)21-14(25)20-9-13(22)19-8-12-2-1-7-23-12/h1-7H,8-9H2,(H,19,22)(H2,20,21,25). The molecular weight excluding hydrogens is 359 g/mol. The summed E-state index contributed by atoms with van der Waals surface area (Å²) in [5.41, 5.74) is 0.447. The number of thiocarbonyl (C=S) groups is 1. The number of furan rings is 1. The number of carbonyl (C=O) groups excluding carboxylic acids is 1. The Kier molecular flexibility index (Phi) is 6.23. The number of hydrogen-bond donors (Lipinski definition) is 3. The zero-order valence-corrected chi connectivity index (χ0v) is 13.5. The Morgan fingerprint density at radius 1 is 1.16 bits per heavy atom. The van der Waals surface area contributed by atoms with Gasteiger partial charge in [-0.05, 0) is 48.6 Å². The number of alkyl halides is 3. The van der Waals surface area contributed by atoms with Gasteiger partial charge in [0.05, 0.1) is 19.4 Å². The molecule has 0 saturated carbocycles. The topological polar surface area (TPSA) is 75.5 Å². The first-order valence-corrected chi connectivity index (χ1v) is 7.42. The van der Waals surface area contributed by atoms with Gasteiger partial charge >= 0.3 is 6.36 Å². The van der Waals surface area contributed by atoms with Crippen molar-refractivity contribution in [2.75, 3.05) is 11.9 Å². The fourth-order valence-corrected chi connectivity index (χ4v) is 1.93. The SMILES string of the molecule is O=C(CNC(=S)Nc1ccc(OC(F)(F)F)cc1)NCc1ccco1. The molecule has 0 saturated heterocycles. The molecule has 2 aromatic rings. The Morgan fingerprint density at radius 2 is 1.88 bits per heavy atom. The lowest BCUT2D eigenvalue weighted by molar-refractivity contribution is -0.274. The maximum absolute atomic E-state index is 12.1. The molecule has 10 heteroatoms. The fraction of sp³-hybridized carbons (Fsp3) is 0.200. The third-order valence-electron chi connectivity index (χ3n) is 2.80. The largest absolute Gasteiger partial charge is 0.573 e. The lowest BCUT2D eigenvalue weighted by atomic mass is 10.3. The van der Waals surface area contributed by atoms with E-state index >= 15 is 0 Å². The van der Waals surface area contributed by atoms with E-state index in [4.69, 9.17) is 16.6 Å². The van der Waals surface area contributed by atoms with Crippen molar-refractivity contribution < 1.29 is 27.1 Å². The number of ether oxygens (including phenoxy) is 1. The van der Waals surface area contributed by atoms with Crippen molar-refractivity contribution in [3.05, 3.63) is 48.4 Å². The second-order valence-electron chi connectivity index (χ2n) is 4.74. The van der Waals surface area contributed by atoms with E-state index in [1.165, 1.54) is 18.4 Å². The first kappa shape index (κ1) is 18.6. The van der Waals surface area contributed by atoms with E-state index < -0.39 is 6.36 Å². The maximum Gasteiger partial charge on any atom is 0.573 e. The Morgan fingerprint density at radius 3 is 2.48 bits per heavy atom. The van der Waals surface area contributed by atoms with Gasteiger partial charge in [0.25, 0.3) is 0 Å². The number of rotatable bonds is 6. The van der Waals surface area contributed by atoms with Crippen molar-refractivity contribution in [1.29, 1.82) is 0 Å². The van der Waals surface area contributed by atoms with Crippen molar-refractivity contribution in [3.63, 3.8) is 0 Å². The van der Waals surface area contributed by atoms with E-state index in [2.05, 4.69) is 20.7 Å². The highest BCUT2D eigenvalue weighted by molar-refractivity contribution is 7.80. The van der Waals surface area contributed by atoms with Gasteiger partial charge in [0.1, 0.15) is 11.5 Å². The lowest BCUT2D eigenvalue weighted by Crippen LogP contribution is -2.38. The van der Waals surface area contributed by atoms with Crippen LogP contribution in [0.3, 0.4) is 0 Å². The molecule has 6 nitrogen and oxygen atoms in total. The molecule has 0 spiro atoms. The molecule has 1 amide bonds. The third-order valence-corrected chi connectivity index (χ3v) is 3.04. The quantitative estimate of drug-likeness (QED) is 0.676. The van der Waals surface area contributed by atoms with Crippen LogP contribution >= 0.6 is 12.2 Å². The van der Waals surface area contributed by atoms with Crippen molar-refractivity contribution in [2.45, 2.75) is 12.9 Å². The van der Waals surface area contributed by atoms with Crippen molar-refractivity contribution >= 4 is 28.9 Å². The minimum absolute atomic E-state index is 0.0676. The molecule has 0 aliphatic carbocycles. The van der Waals surface area contributed by atoms with E-state index in [-0.39, 0.29) is 29.9 Å². The molecule has 0 aliphatic heterocycles. The molecule has 0 atom stereocenters. The minimum Gasteiger partial charge on any atom is -0.467 e. The molecule has 1 aromatic heterocycles. The van der Waals surface area contributed by atoms with Crippen LogP contribution in [0.15, 0.2) is 47.1 Å². The first-order chi connectivity index (χ1) is 11.8. The number of hydrogen-bond acceptors (Lipinski definition) is 4. The first-order valence-electron chi connectivity index (χ1n) is 7.01. The van der Waals surface area contributed by atoms with Gasteiger partial charge in [-0.25, -0.2) is 0 Å². The number of carbonyl (C=O) groups is 1. The average Bonchev–Trinajstić information content (AvgIpc) is 3.05. The number of halogens is 3. The van der Waals surface area contributed by atoms with Gasteiger partial charge in [0.2, 0.25) is 5.91 Å². The molecule has 0 bridgehead atoms. The second-order valence-corrected chi connectivity index (χ2v) is 5.14. The molecule has 3 N–H and O–H groups in total. The summed E-state index contributed by atoms with van der Waals surface area (Å²) < 4.78 is 45.0. The van der Waals surface area contributed by atoms with Crippen LogP contribution in [-0.2, 0) is 11.3 Å². The third kappa shape index (κ3) is 7.12. The molecule has 2 rings (SSSR count). The van der Waals surface area contributed by atoms with Crippen LogP contribution in [0, 0.1) is 0 Å². The van der Waals surface area contributed by atoms with Gasteiger partial charge in [-0.3, -0.25) is 4.79 Å². The van der Waals surface area contributed by atoms with E-state index in [0.29, 0.717) is 11.4 Å². The van der Waals surface area contributed by atoms with Crippen molar-refractivity contribution in [2.24, 2.45) is 0 Å². The summed E-state index contributed by atoms with van der Waals surface area (Å²) in [5, 5.41) is 8.20. The smallest absolute Gasteiger partial charge is 0.467 e. The number of anilines is 1. The molecule has 0 radical (unpaired) electrons. The molecule has 1 heterocycles. The maximum atomic E-state index is 12.1. The summed E-state index contributed by atoms with van der Waals surface area (Å²) in [6, 6.07) is 8.47. The lowest BCUT2D eigenvalue weighted by Gasteiger charge is -2.12. The summed E-state index contributed by atoms with van der Waals surface area (Å²) in [5.74, 6) is -0.0149. The molecule has 0 unspecified atom stereocenters. The summed E-state index contributed by atoms with van der Waals surface area (Å²) in [4.78, 5) is 11.6. The predicted molar refractivity (Wildman–Crippen MR) is 87.9 cm³/mol. The number of nitrogens with one attached hydrogen (secondary N) is 3. The van der Waals surface area contributed by atoms with Crippen LogP contribution in [-0.4, -0.2) is 23.9 Å². The zero-order valence-electron chi connectivity index (χ0n) is 12.7. The van der Waals surface area contributed by atoms with Crippen molar-refractivity contribution in [3.8, 4) is 5.75 Å². The Bertz CT molecular complexity index is 703. The molecule has 134 valence electrons. The van der Waals surface area contributed by atoms with E-state index in [9.17, 15) is 18.0 Å². The Balaban J connectivity index is 1.71. The van der Waals surface area contributed by atoms with Gasteiger partial charge in [-0.1, -0.05) is 0 Å². The van der Waals surface area contributed by atoms with Gasteiger partial charge < -0.3 is 25.1 Å². The van der Waals surface area contributed by atoms with Crippen molar-refractivity contribution in [1.82, 2.24) is 10.6 Å². The highest BCUT2D eigenvalue weighted by Crippen LogP contribution is 2.23. The van der Waals surface area contributed by atoms with Gasteiger partial charge in [0, 0.05) is 5.69 Å². The molecule has 25 heavy (non-hydrogen) atoms. The number of benzene rings is 1. The van der Waals surface area contributed by atoms with Gasteiger partial charge in [0.15, 0.2) is 5.11 Å². The van der Waals surface area contributed by atoms with Crippen LogP contribution in [0.2, 0.25) is 0 Å².